The van der Waals surface area contributed by atoms with Gasteiger partial charge in [-0.3, -0.25) is 5.01 Å². The van der Waals surface area contributed by atoms with Gasteiger partial charge in [-0.05, 0) is 57.4 Å². The van der Waals surface area contributed by atoms with E-state index in [4.69, 9.17) is 0 Å². The van der Waals surface area contributed by atoms with Crippen LogP contribution in [0.1, 0.15) is 18.0 Å². The van der Waals surface area contributed by atoms with Gasteiger partial charge in [-0.1, -0.05) is 30.3 Å². The lowest BCUT2D eigenvalue weighted by Crippen LogP contribution is -2.43. The summed E-state index contributed by atoms with van der Waals surface area (Å²) in [4.78, 5) is 0. The predicted octanol–water partition coefficient (Wildman–Crippen LogP) is 6.11. The number of alkyl halides is 5. The fourth-order valence-electron chi connectivity index (χ4n) is 4.02. The molecule has 3 aromatic carbocycles. The maximum atomic E-state index is 14.6. The molecule has 0 aliphatic carbocycles. The number of nitrogens with zero attached hydrogens (tertiary/aromatic N) is 6. The van der Waals surface area contributed by atoms with Crippen LogP contribution in [-0.4, -0.2) is 38.0 Å². The molecule has 190 valence electrons. The largest absolute Gasteiger partial charge is 0.459 e. The van der Waals surface area contributed by atoms with Crippen LogP contribution >= 0.6 is 0 Å². The van der Waals surface area contributed by atoms with Crippen molar-refractivity contribution in [2.24, 2.45) is 5.10 Å². The Morgan fingerprint density at radius 3 is 2.24 bits per heavy atom. The molecule has 0 saturated heterocycles. The van der Waals surface area contributed by atoms with Gasteiger partial charge in [-0.15, -0.1) is 5.10 Å². The van der Waals surface area contributed by atoms with Gasteiger partial charge in [0.25, 0.3) is 0 Å². The van der Waals surface area contributed by atoms with E-state index in [1.165, 1.54) is 17.1 Å². The summed E-state index contributed by atoms with van der Waals surface area (Å²) in [5.41, 5.74) is 0.406. The molecule has 6 nitrogen and oxygen atoms in total. The van der Waals surface area contributed by atoms with Crippen molar-refractivity contribution in [1.82, 2.24) is 20.2 Å². The highest BCUT2D eigenvalue weighted by Crippen LogP contribution is 2.45. The molecule has 0 fully saturated rings. The molecule has 5 rings (SSSR count). The molecular formula is C24H15F7N6. The van der Waals surface area contributed by atoms with Crippen LogP contribution in [-0.2, 0) is 0 Å². The van der Waals surface area contributed by atoms with Crippen molar-refractivity contribution in [3.63, 3.8) is 0 Å². The lowest BCUT2D eigenvalue weighted by atomic mass is 9.95. The van der Waals surface area contributed by atoms with Gasteiger partial charge in [-0.2, -0.15) is 27.1 Å². The molecule has 1 aromatic heterocycles. The SMILES string of the molecule is Fc1ccc(N2N=C(C(F)(F)C(F)(F)F)CC2c2cccc(-c3ccc(-n4cnnn4)cc3)c2)c(F)c1. The first kappa shape index (κ1) is 24.4. The van der Waals surface area contributed by atoms with Gasteiger partial charge in [0.1, 0.15) is 17.9 Å². The number of hydrogen-bond acceptors (Lipinski definition) is 5. The number of anilines is 1. The Morgan fingerprint density at radius 2 is 1.59 bits per heavy atom. The normalized spacial score (nSPS) is 16.2. The molecular weight excluding hydrogens is 505 g/mol. The van der Waals surface area contributed by atoms with Crippen molar-refractivity contribution < 1.29 is 30.7 Å². The molecule has 0 radical (unpaired) electrons. The Labute approximate surface area is 204 Å². The lowest BCUT2D eigenvalue weighted by molar-refractivity contribution is -0.249. The second-order valence-corrected chi connectivity index (χ2v) is 8.21. The zero-order chi connectivity index (χ0) is 26.4. The molecule has 0 saturated carbocycles. The zero-order valence-electron chi connectivity index (χ0n) is 18.5. The Bertz CT molecular complexity index is 1450. The van der Waals surface area contributed by atoms with Crippen LogP contribution in [0, 0.1) is 11.6 Å². The maximum Gasteiger partial charge on any atom is 0.459 e. The zero-order valence-corrected chi connectivity index (χ0v) is 18.5. The van der Waals surface area contributed by atoms with Crippen LogP contribution in [0.25, 0.3) is 16.8 Å². The molecule has 0 spiro atoms. The number of hydrogen-bond donors (Lipinski definition) is 0. The van der Waals surface area contributed by atoms with Crippen molar-refractivity contribution in [2.75, 3.05) is 5.01 Å². The quantitative estimate of drug-likeness (QED) is 0.298. The van der Waals surface area contributed by atoms with Crippen molar-refractivity contribution in [2.45, 2.75) is 24.6 Å². The summed E-state index contributed by atoms with van der Waals surface area (Å²) in [6.07, 6.45) is -5.31. The van der Waals surface area contributed by atoms with Crippen LogP contribution < -0.4 is 5.01 Å². The molecule has 13 heteroatoms. The summed E-state index contributed by atoms with van der Waals surface area (Å²) < 4.78 is 97.2. The van der Waals surface area contributed by atoms with E-state index in [2.05, 4.69) is 20.6 Å². The molecule has 1 aliphatic heterocycles. The minimum absolute atomic E-state index is 0.308. The summed E-state index contributed by atoms with van der Waals surface area (Å²) >= 11 is 0. The average Bonchev–Trinajstić information content (AvgIpc) is 3.55. The van der Waals surface area contributed by atoms with Crippen LogP contribution in [0.2, 0.25) is 0 Å². The summed E-state index contributed by atoms with van der Waals surface area (Å²) in [5, 5.41) is 15.1. The standard InChI is InChI=1S/C24H15F7N6/c25-17-6-9-20(19(26)11-17)37-21(12-22(33-37)23(27,28)24(29,30)31)16-3-1-2-15(10-16)14-4-7-18(8-5-14)36-13-32-34-35-36/h1-11,13,21H,12H2. The van der Waals surface area contributed by atoms with E-state index in [0.717, 1.165) is 17.1 Å². The van der Waals surface area contributed by atoms with E-state index in [1.807, 2.05) is 0 Å². The van der Waals surface area contributed by atoms with Gasteiger partial charge in [-0.25, -0.2) is 13.5 Å². The van der Waals surface area contributed by atoms with Crippen molar-refractivity contribution >= 4 is 11.4 Å². The predicted molar refractivity (Wildman–Crippen MR) is 119 cm³/mol. The average molecular weight is 520 g/mol. The third-order valence-electron chi connectivity index (χ3n) is 5.87. The van der Waals surface area contributed by atoms with E-state index in [1.54, 1.807) is 42.5 Å². The highest BCUT2D eigenvalue weighted by Gasteiger charge is 2.63. The topological polar surface area (TPSA) is 59.2 Å². The molecule has 4 aromatic rings. The van der Waals surface area contributed by atoms with Crippen LogP contribution in [0.5, 0.6) is 0 Å². The minimum Gasteiger partial charge on any atom is -0.255 e. The fourth-order valence-corrected chi connectivity index (χ4v) is 4.02. The van der Waals surface area contributed by atoms with Crippen LogP contribution in [0.4, 0.5) is 36.4 Å². The molecule has 0 N–H and O–H groups in total. The lowest BCUT2D eigenvalue weighted by Gasteiger charge is -2.25. The van der Waals surface area contributed by atoms with Gasteiger partial charge >= 0.3 is 12.1 Å². The van der Waals surface area contributed by atoms with E-state index < -0.39 is 47.6 Å². The minimum atomic E-state index is -5.89. The number of rotatable bonds is 5. The number of halogens is 7. The van der Waals surface area contributed by atoms with Gasteiger partial charge in [0.15, 0.2) is 5.82 Å². The van der Waals surface area contributed by atoms with Crippen molar-refractivity contribution in [3.8, 4) is 16.8 Å². The third kappa shape index (κ3) is 4.52. The molecule has 1 atom stereocenters. The molecule has 1 unspecified atom stereocenters. The highest BCUT2D eigenvalue weighted by molar-refractivity contribution is 5.95. The van der Waals surface area contributed by atoms with E-state index >= 15 is 0 Å². The van der Waals surface area contributed by atoms with Gasteiger partial charge in [0.2, 0.25) is 0 Å². The molecule has 37 heavy (non-hydrogen) atoms. The third-order valence-corrected chi connectivity index (χ3v) is 5.87. The van der Waals surface area contributed by atoms with Crippen LogP contribution in [0.15, 0.2) is 78.2 Å². The number of tetrazole rings is 1. The number of aromatic nitrogens is 4. The number of hydrazone groups is 1. The second-order valence-electron chi connectivity index (χ2n) is 8.21. The Hall–Kier alpha value is -4.29. The monoisotopic (exact) mass is 520 g/mol. The highest BCUT2D eigenvalue weighted by atomic mass is 19.4. The van der Waals surface area contributed by atoms with E-state index in [9.17, 15) is 30.7 Å². The molecule has 0 amide bonds. The summed E-state index contributed by atoms with van der Waals surface area (Å²) in [6.45, 7) is 0. The smallest absolute Gasteiger partial charge is 0.255 e. The Balaban J connectivity index is 1.53. The Morgan fingerprint density at radius 1 is 0.838 bits per heavy atom. The maximum absolute atomic E-state index is 14.6. The molecule has 0 bridgehead atoms. The van der Waals surface area contributed by atoms with Crippen molar-refractivity contribution in [3.05, 3.63) is 90.3 Å². The fraction of sp³-hybridized carbons (Fsp3) is 0.167. The van der Waals surface area contributed by atoms with Gasteiger partial charge in [0, 0.05) is 12.5 Å². The first-order valence-corrected chi connectivity index (χ1v) is 10.7. The van der Waals surface area contributed by atoms with E-state index in [0.29, 0.717) is 28.4 Å². The van der Waals surface area contributed by atoms with Crippen molar-refractivity contribution in [1.29, 1.82) is 0 Å². The van der Waals surface area contributed by atoms with Gasteiger partial charge < -0.3 is 0 Å². The van der Waals surface area contributed by atoms with Crippen LogP contribution in [0.3, 0.4) is 0 Å². The first-order chi connectivity index (χ1) is 17.5. The summed E-state index contributed by atoms with van der Waals surface area (Å²) in [6, 6.07) is 14.5. The summed E-state index contributed by atoms with van der Waals surface area (Å²) in [7, 11) is 0. The van der Waals surface area contributed by atoms with E-state index in [-0.39, 0.29) is 0 Å². The second kappa shape index (κ2) is 8.98. The molecule has 2 heterocycles. The number of benzene rings is 3. The Kier molecular flexibility index (Phi) is 5.92. The first-order valence-electron chi connectivity index (χ1n) is 10.7. The van der Waals surface area contributed by atoms with Gasteiger partial charge in [0.05, 0.1) is 17.4 Å². The summed E-state index contributed by atoms with van der Waals surface area (Å²) in [5.74, 6) is -7.33. The molecule has 1 aliphatic rings.